The van der Waals surface area contributed by atoms with E-state index in [0.29, 0.717) is 23.0 Å². The predicted molar refractivity (Wildman–Crippen MR) is 55.5 cm³/mol. The molecule has 0 aliphatic carbocycles. The van der Waals surface area contributed by atoms with Gasteiger partial charge >= 0.3 is 0 Å². The van der Waals surface area contributed by atoms with Gasteiger partial charge in [-0.2, -0.15) is 10.4 Å². The van der Waals surface area contributed by atoms with E-state index in [1.807, 2.05) is 0 Å². The first-order valence-electron chi connectivity index (χ1n) is 4.79. The molecule has 1 rings (SSSR count). The highest BCUT2D eigenvalue weighted by Gasteiger charge is 2.11. The molecule has 4 heteroatoms. The minimum atomic E-state index is 0.491. The lowest BCUT2D eigenvalue weighted by molar-refractivity contribution is 0.490. The molecule has 0 saturated heterocycles. The predicted octanol–water partition coefficient (Wildman–Crippen LogP) is 1.69. The van der Waals surface area contributed by atoms with E-state index in [4.69, 9.17) is 11.0 Å². The molecule has 1 aromatic rings. The monoisotopic (exact) mass is 192 g/mol. The summed E-state index contributed by atoms with van der Waals surface area (Å²) >= 11 is 0. The second-order valence-electron chi connectivity index (χ2n) is 3.86. The standard InChI is InChI=1S/C10H16N4/c1-7(2)4-5-14-10(12)9(6-11)8(3)13-14/h7H,4-5,12H2,1-3H3. The third kappa shape index (κ3) is 2.05. The van der Waals surface area contributed by atoms with Crippen LogP contribution in [0.5, 0.6) is 0 Å². The lowest BCUT2D eigenvalue weighted by Crippen LogP contribution is -2.07. The van der Waals surface area contributed by atoms with Gasteiger partial charge in [-0.05, 0) is 19.3 Å². The van der Waals surface area contributed by atoms with Gasteiger partial charge in [0.2, 0.25) is 0 Å². The van der Waals surface area contributed by atoms with Crippen LogP contribution in [-0.2, 0) is 6.54 Å². The number of anilines is 1. The number of nitriles is 1. The molecule has 0 spiro atoms. The molecular weight excluding hydrogens is 176 g/mol. The van der Waals surface area contributed by atoms with Crippen molar-refractivity contribution in [1.82, 2.24) is 9.78 Å². The number of nitrogens with zero attached hydrogens (tertiary/aromatic N) is 3. The molecule has 0 radical (unpaired) electrons. The van der Waals surface area contributed by atoms with Gasteiger partial charge in [-0.3, -0.25) is 0 Å². The fraction of sp³-hybridized carbons (Fsp3) is 0.600. The second-order valence-corrected chi connectivity index (χ2v) is 3.86. The van der Waals surface area contributed by atoms with Crippen LogP contribution in [0.15, 0.2) is 0 Å². The number of aryl methyl sites for hydroxylation is 2. The minimum absolute atomic E-state index is 0.491. The van der Waals surface area contributed by atoms with Crippen LogP contribution in [0.2, 0.25) is 0 Å². The van der Waals surface area contributed by atoms with E-state index in [0.717, 1.165) is 13.0 Å². The topological polar surface area (TPSA) is 67.6 Å². The first-order chi connectivity index (χ1) is 6.56. The van der Waals surface area contributed by atoms with Crippen LogP contribution in [0, 0.1) is 24.2 Å². The fourth-order valence-electron chi connectivity index (χ4n) is 1.29. The average molecular weight is 192 g/mol. The Bertz CT molecular complexity index is 357. The molecule has 14 heavy (non-hydrogen) atoms. The minimum Gasteiger partial charge on any atom is -0.383 e. The summed E-state index contributed by atoms with van der Waals surface area (Å²) in [5.41, 5.74) is 7.00. The van der Waals surface area contributed by atoms with Crippen LogP contribution in [0.1, 0.15) is 31.5 Å². The molecular formula is C10H16N4. The van der Waals surface area contributed by atoms with Crippen molar-refractivity contribution >= 4 is 5.82 Å². The van der Waals surface area contributed by atoms with Gasteiger partial charge in [0.25, 0.3) is 0 Å². The molecule has 4 nitrogen and oxygen atoms in total. The maximum atomic E-state index is 8.81. The van der Waals surface area contributed by atoms with Crippen molar-refractivity contribution in [2.45, 2.75) is 33.7 Å². The van der Waals surface area contributed by atoms with Gasteiger partial charge in [0.05, 0.1) is 5.69 Å². The highest BCUT2D eigenvalue weighted by molar-refractivity contribution is 5.51. The third-order valence-electron chi connectivity index (χ3n) is 2.20. The number of aromatic nitrogens is 2. The van der Waals surface area contributed by atoms with Gasteiger partial charge in [0, 0.05) is 6.54 Å². The lowest BCUT2D eigenvalue weighted by atomic mass is 10.1. The van der Waals surface area contributed by atoms with Crippen LogP contribution in [0.25, 0.3) is 0 Å². The maximum absolute atomic E-state index is 8.81. The van der Waals surface area contributed by atoms with Crippen molar-refractivity contribution in [2.24, 2.45) is 5.92 Å². The largest absolute Gasteiger partial charge is 0.383 e. The van der Waals surface area contributed by atoms with Crippen molar-refractivity contribution in [2.75, 3.05) is 5.73 Å². The van der Waals surface area contributed by atoms with Gasteiger partial charge in [0.15, 0.2) is 0 Å². The molecule has 0 aromatic carbocycles. The van der Waals surface area contributed by atoms with Crippen LogP contribution in [0.3, 0.4) is 0 Å². The summed E-state index contributed by atoms with van der Waals surface area (Å²) < 4.78 is 1.72. The third-order valence-corrected chi connectivity index (χ3v) is 2.20. The van der Waals surface area contributed by atoms with Gasteiger partial charge in [-0.25, -0.2) is 4.68 Å². The van der Waals surface area contributed by atoms with E-state index in [2.05, 4.69) is 25.0 Å². The summed E-state index contributed by atoms with van der Waals surface area (Å²) in [6.45, 7) is 6.89. The lowest BCUT2D eigenvalue weighted by Gasteiger charge is -2.05. The molecule has 0 aliphatic heterocycles. The Morgan fingerprint density at radius 1 is 1.57 bits per heavy atom. The summed E-state index contributed by atoms with van der Waals surface area (Å²) in [6, 6.07) is 2.06. The van der Waals surface area contributed by atoms with Crippen LogP contribution in [0.4, 0.5) is 5.82 Å². The molecule has 0 unspecified atom stereocenters. The van der Waals surface area contributed by atoms with Crippen molar-refractivity contribution in [1.29, 1.82) is 5.26 Å². The SMILES string of the molecule is Cc1nn(CCC(C)C)c(N)c1C#N. The number of rotatable bonds is 3. The van der Waals surface area contributed by atoms with E-state index in [1.54, 1.807) is 11.6 Å². The number of hydrogen-bond donors (Lipinski definition) is 1. The Morgan fingerprint density at radius 3 is 2.64 bits per heavy atom. The van der Waals surface area contributed by atoms with E-state index in [1.165, 1.54) is 0 Å². The number of nitrogen functional groups attached to an aromatic ring is 1. The maximum Gasteiger partial charge on any atom is 0.140 e. The highest BCUT2D eigenvalue weighted by Crippen LogP contribution is 2.15. The molecule has 0 atom stereocenters. The number of nitrogens with two attached hydrogens (primary N) is 1. The molecule has 0 bridgehead atoms. The normalized spacial score (nSPS) is 10.5. The summed E-state index contributed by atoms with van der Waals surface area (Å²) in [4.78, 5) is 0. The van der Waals surface area contributed by atoms with E-state index in [-0.39, 0.29) is 0 Å². The smallest absolute Gasteiger partial charge is 0.140 e. The van der Waals surface area contributed by atoms with Crippen molar-refractivity contribution < 1.29 is 0 Å². The Hall–Kier alpha value is -1.50. The van der Waals surface area contributed by atoms with Gasteiger partial charge < -0.3 is 5.73 Å². The van der Waals surface area contributed by atoms with Crippen LogP contribution >= 0.6 is 0 Å². The zero-order valence-electron chi connectivity index (χ0n) is 8.91. The Kier molecular flexibility index (Phi) is 3.13. The van der Waals surface area contributed by atoms with Crippen LogP contribution in [-0.4, -0.2) is 9.78 Å². The Balaban J connectivity index is 2.85. The zero-order chi connectivity index (χ0) is 10.7. The summed E-state index contributed by atoms with van der Waals surface area (Å²) in [6.07, 6.45) is 1.02. The summed E-state index contributed by atoms with van der Waals surface area (Å²) in [5.74, 6) is 1.11. The molecule has 0 aliphatic rings. The zero-order valence-corrected chi connectivity index (χ0v) is 8.91. The molecule has 76 valence electrons. The quantitative estimate of drug-likeness (QED) is 0.792. The average Bonchev–Trinajstić information content (AvgIpc) is 2.38. The van der Waals surface area contributed by atoms with Gasteiger partial charge in [-0.1, -0.05) is 13.8 Å². The van der Waals surface area contributed by atoms with Crippen molar-refractivity contribution in [3.8, 4) is 6.07 Å². The molecule has 0 amide bonds. The molecule has 0 fully saturated rings. The molecule has 1 heterocycles. The van der Waals surface area contributed by atoms with Crippen molar-refractivity contribution in [3.05, 3.63) is 11.3 Å². The second kappa shape index (κ2) is 4.14. The van der Waals surface area contributed by atoms with E-state index >= 15 is 0 Å². The van der Waals surface area contributed by atoms with E-state index < -0.39 is 0 Å². The number of hydrogen-bond acceptors (Lipinski definition) is 3. The van der Waals surface area contributed by atoms with Crippen molar-refractivity contribution in [3.63, 3.8) is 0 Å². The molecule has 1 aromatic heterocycles. The Morgan fingerprint density at radius 2 is 2.21 bits per heavy atom. The first-order valence-corrected chi connectivity index (χ1v) is 4.79. The first kappa shape index (κ1) is 10.6. The highest BCUT2D eigenvalue weighted by atomic mass is 15.3. The van der Waals surface area contributed by atoms with E-state index in [9.17, 15) is 0 Å². The van der Waals surface area contributed by atoms with Gasteiger partial charge in [0.1, 0.15) is 17.5 Å². The Labute approximate surface area is 84.3 Å². The molecule has 0 saturated carbocycles. The summed E-state index contributed by atoms with van der Waals surface area (Å²) in [5, 5.41) is 13.0. The van der Waals surface area contributed by atoms with Crippen LogP contribution < -0.4 is 5.73 Å². The van der Waals surface area contributed by atoms with Gasteiger partial charge in [-0.15, -0.1) is 0 Å². The fourth-order valence-corrected chi connectivity index (χ4v) is 1.29. The molecule has 2 N–H and O–H groups in total. The summed E-state index contributed by atoms with van der Waals surface area (Å²) in [7, 11) is 0.